The number of carbonyl (C=O) groups excluding carboxylic acids is 1. The maximum Gasteiger partial charge on any atom is 0.220 e. The van der Waals surface area contributed by atoms with E-state index in [1.54, 1.807) is 0 Å². The SMILES string of the molecule is CCC(CCN)CCC(=O)NCC1CCCCC1C. The van der Waals surface area contributed by atoms with E-state index in [0.29, 0.717) is 18.3 Å². The van der Waals surface area contributed by atoms with E-state index in [1.165, 1.54) is 25.7 Å². The summed E-state index contributed by atoms with van der Waals surface area (Å²) >= 11 is 0. The zero-order valence-corrected chi connectivity index (χ0v) is 12.8. The predicted octanol–water partition coefficient (Wildman–Crippen LogP) is 3.08. The lowest BCUT2D eigenvalue weighted by atomic mass is 9.80. The Labute approximate surface area is 118 Å². The van der Waals surface area contributed by atoms with E-state index in [4.69, 9.17) is 5.73 Å². The fraction of sp³-hybridized carbons (Fsp3) is 0.938. The van der Waals surface area contributed by atoms with Gasteiger partial charge >= 0.3 is 0 Å². The van der Waals surface area contributed by atoms with Crippen molar-refractivity contribution in [3.05, 3.63) is 0 Å². The summed E-state index contributed by atoms with van der Waals surface area (Å²) in [4.78, 5) is 11.9. The van der Waals surface area contributed by atoms with Crippen LogP contribution in [0.5, 0.6) is 0 Å². The van der Waals surface area contributed by atoms with Crippen molar-refractivity contribution in [1.29, 1.82) is 0 Å². The highest BCUT2D eigenvalue weighted by Gasteiger charge is 2.21. The molecule has 0 bridgehead atoms. The monoisotopic (exact) mass is 268 g/mol. The first-order chi connectivity index (χ1) is 9.17. The second-order valence-corrected chi connectivity index (χ2v) is 6.22. The second kappa shape index (κ2) is 9.35. The molecule has 0 aromatic carbocycles. The van der Waals surface area contributed by atoms with E-state index in [-0.39, 0.29) is 5.91 Å². The lowest BCUT2D eigenvalue weighted by Gasteiger charge is -2.28. The van der Waals surface area contributed by atoms with Gasteiger partial charge in [-0.3, -0.25) is 4.79 Å². The summed E-state index contributed by atoms with van der Waals surface area (Å²) in [6.07, 6.45) is 9.14. The molecule has 3 N–H and O–H groups in total. The van der Waals surface area contributed by atoms with Gasteiger partial charge in [0.05, 0.1) is 0 Å². The Morgan fingerprint density at radius 2 is 2.05 bits per heavy atom. The minimum Gasteiger partial charge on any atom is -0.356 e. The summed E-state index contributed by atoms with van der Waals surface area (Å²) in [5, 5.41) is 3.13. The van der Waals surface area contributed by atoms with Gasteiger partial charge in [0.2, 0.25) is 5.91 Å². The fourth-order valence-corrected chi connectivity index (χ4v) is 3.15. The number of carbonyl (C=O) groups is 1. The Morgan fingerprint density at radius 3 is 2.68 bits per heavy atom. The van der Waals surface area contributed by atoms with Gasteiger partial charge in [0.15, 0.2) is 0 Å². The van der Waals surface area contributed by atoms with E-state index in [2.05, 4.69) is 19.2 Å². The van der Waals surface area contributed by atoms with Crippen molar-refractivity contribution in [2.45, 2.75) is 65.2 Å². The van der Waals surface area contributed by atoms with Crippen LogP contribution in [0.25, 0.3) is 0 Å². The van der Waals surface area contributed by atoms with Gasteiger partial charge in [-0.25, -0.2) is 0 Å². The molecular formula is C16H32N2O. The topological polar surface area (TPSA) is 55.1 Å². The molecule has 1 fully saturated rings. The minimum absolute atomic E-state index is 0.230. The molecule has 0 heterocycles. The molecule has 0 aromatic heterocycles. The molecule has 0 aliphatic heterocycles. The van der Waals surface area contributed by atoms with Gasteiger partial charge < -0.3 is 11.1 Å². The quantitative estimate of drug-likeness (QED) is 0.711. The number of hydrogen-bond donors (Lipinski definition) is 2. The molecule has 0 radical (unpaired) electrons. The molecule has 19 heavy (non-hydrogen) atoms. The Hall–Kier alpha value is -0.570. The van der Waals surface area contributed by atoms with Crippen LogP contribution >= 0.6 is 0 Å². The summed E-state index contributed by atoms with van der Waals surface area (Å²) < 4.78 is 0. The van der Waals surface area contributed by atoms with Crippen molar-refractivity contribution in [1.82, 2.24) is 5.32 Å². The predicted molar refractivity (Wildman–Crippen MR) is 80.8 cm³/mol. The zero-order valence-electron chi connectivity index (χ0n) is 12.8. The summed E-state index contributed by atoms with van der Waals surface area (Å²) in [6, 6.07) is 0. The summed E-state index contributed by atoms with van der Waals surface area (Å²) in [7, 11) is 0. The standard InChI is InChI=1S/C16H32N2O/c1-3-14(10-11-17)8-9-16(19)18-12-15-7-5-4-6-13(15)2/h13-15H,3-12,17H2,1-2H3,(H,18,19). The molecule has 0 spiro atoms. The second-order valence-electron chi connectivity index (χ2n) is 6.22. The largest absolute Gasteiger partial charge is 0.356 e. The number of amides is 1. The Balaban J connectivity index is 2.16. The van der Waals surface area contributed by atoms with Crippen LogP contribution in [0, 0.1) is 17.8 Å². The number of nitrogens with two attached hydrogens (primary N) is 1. The highest BCUT2D eigenvalue weighted by Crippen LogP contribution is 2.28. The van der Waals surface area contributed by atoms with Crippen molar-refractivity contribution in [2.24, 2.45) is 23.5 Å². The third kappa shape index (κ3) is 6.42. The van der Waals surface area contributed by atoms with Gasteiger partial charge in [-0.05, 0) is 43.6 Å². The van der Waals surface area contributed by atoms with Gasteiger partial charge in [0.1, 0.15) is 0 Å². The first-order valence-corrected chi connectivity index (χ1v) is 8.14. The van der Waals surface area contributed by atoms with Gasteiger partial charge in [-0.15, -0.1) is 0 Å². The molecule has 3 atom stereocenters. The molecule has 1 saturated carbocycles. The van der Waals surface area contributed by atoms with Crippen molar-refractivity contribution in [3.8, 4) is 0 Å². The lowest BCUT2D eigenvalue weighted by Crippen LogP contribution is -2.33. The van der Waals surface area contributed by atoms with Crippen molar-refractivity contribution < 1.29 is 4.79 Å². The van der Waals surface area contributed by atoms with Crippen LogP contribution in [0.4, 0.5) is 0 Å². The van der Waals surface area contributed by atoms with Gasteiger partial charge in [0, 0.05) is 13.0 Å². The molecule has 3 nitrogen and oxygen atoms in total. The van der Waals surface area contributed by atoms with Gasteiger partial charge in [-0.2, -0.15) is 0 Å². The number of hydrogen-bond acceptors (Lipinski definition) is 2. The summed E-state index contributed by atoms with van der Waals surface area (Å²) in [6.45, 7) is 6.12. The van der Waals surface area contributed by atoms with E-state index in [9.17, 15) is 4.79 Å². The molecule has 0 saturated heterocycles. The fourth-order valence-electron chi connectivity index (χ4n) is 3.15. The van der Waals surface area contributed by atoms with Crippen LogP contribution in [0.15, 0.2) is 0 Å². The Bertz CT molecular complexity index is 255. The molecule has 0 aromatic rings. The number of nitrogens with one attached hydrogen (secondary N) is 1. The van der Waals surface area contributed by atoms with Gasteiger partial charge in [-0.1, -0.05) is 39.5 Å². The van der Waals surface area contributed by atoms with Crippen LogP contribution in [0.2, 0.25) is 0 Å². The summed E-state index contributed by atoms with van der Waals surface area (Å²) in [5.74, 6) is 2.32. The molecule has 3 unspecified atom stereocenters. The maximum absolute atomic E-state index is 11.9. The van der Waals surface area contributed by atoms with Gasteiger partial charge in [0.25, 0.3) is 0 Å². The molecule has 1 amide bonds. The third-order valence-corrected chi connectivity index (χ3v) is 4.78. The zero-order chi connectivity index (χ0) is 14.1. The molecule has 112 valence electrons. The molecule has 1 rings (SSSR count). The Kier molecular flexibility index (Phi) is 8.11. The molecule has 1 aliphatic carbocycles. The van der Waals surface area contributed by atoms with Crippen LogP contribution in [0.1, 0.15) is 65.2 Å². The first-order valence-electron chi connectivity index (χ1n) is 8.14. The normalized spacial score (nSPS) is 25.0. The average Bonchev–Trinajstić information content (AvgIpc) is 2.42. The summed E-state index contributed by atoms with van der Waals surface area (Å²) in [5.41, 5.74) is 5.58. The van der Waals surface area contributed by atoms with Crippen LogP contribution in [-0.4, -0.2) is 19.0 Å². The van der Waals surface area contributed by atoms with E-state index >= 15 is 0 Å². The highest BCUT2D eigenvalue weighted by molar-refractivity contribution is 5.75. The number of rotatable bonds is 8. The van der Waals surface area contributed by atoms with E-state index in [1.807, 2.05) is 0 Å². The van der Waals surface area contributed by atoms with Crippen LogP contribution in [-0.2, 0) is 4.79 Å². The van der Waals surface area contributed by atoms with Crippen LogP contribution in [0.3, 0.4) is 0 Å². The third-order valence-electron chi connectivity index (χ3n) is 4.78. The minimum atomic E-state index is 0.230. The van der Waals surface area contributed by atoms with E-state index in [0.717, 1.165) is 38.3 Å². The maximum atomic E-state index is 11.9. The lowest BCUT2D eigenvalue weighted by molar-refractivity contribution is -0.121. The highest BCUT2D eigenvalue weighted by atomic mass is 16.1. The molecular weight excluding hydrogens is 236 g/mol. The first kappa shape index (κ1) is 16.5. The molecule has 3 heteroatoms. The average molecular weight is 268 g/mol. The Morgan fingerprint density at radius 1 is 1.32 bits per heavy atom. The van der Waals surface area contributed by atoms with Crippen LogP contribution < -0.4 is 11.1 Å². The molecule has 1 aliphatic rings. The smallest absolute Gasteiger partial charge is 0.220 e. The van der Waals surface area contributed by atoms with Crippen molar-refractivity contribution in [3.63, 3.8) is 0 Å². The van der Waals surface area contributed by atoms with E-state index < -0.39 is 0 Å². The van der Waals surface area contributed by atoms with Crippen molar-refractivity contribution in [2.75, 3.05) is 13.1 Å². The van der Waals surface area contributed by atoms with Crippen molar-refractivity contribution >= 4 is 5.91 Å².